The number of methoxy groups -OCH3 is 1. The van der Waals surface area contributed by atoms with E-state index in [1.165, 1.54) is 16.7 Å². The van der Waals surface area contributed by atoms with Gasteiger partial charge in [-0.15, -0.1) is 0 Å². The van der Waals surface area contributed by atoms with Crippen LogP contribution < -0.4 is 9.47 Å². The maximum absolute atomic E-state index is 14.3. The molecular weight excluding hydrogens is 612 g/mol. The van der Waals surface area contributed by atoms with Crippen LogP contribution in [0.3, 0.4) is 0 Å². The van der Waals surface area contributed by atoms with E-state index in [0.29, 0.717) is 44.7 Å². The van der Waals surface area contributed by atoms with Crippen LogP contribution in [0.25, 0.3) is 0 Å². The molecule has 1 saturated carbocycles. The fourth-order valence-electron chi connectivity index (χ4n) is 9.76. The van der Waals surface area contributed by atoms with Gasteiger partial charge in [0.15, 0.2) is 17.3 Å². The maximum Gasteiger partial charge on any atom is 0.222 e. The Labute approximate surface area is 291 Å². The number of unbranched alkanes of at least 4 members (excludes halogenated alkanes) is 2. The molecule has 3 aromatic carbocycles. The van der Waals surface area contributed by atoms with Gasteiger partial charge in [0.2, 0.25) is 5.91 Å². The molecule has 49 heavy (non-hydrogen) atoms. The van der Waals surface area contributed by atoms with Crippen LogP contribution in [0.5, 0.6) is 11.5 Å². The summed E-state index contributed by atoms with van der Waals surface area (Å²) in [6.07, 6.45) is 8.71. The average molecular weight is 663 g/mol. The molecule has 1 saturated heterocycles. The molecule has 2 aliphatic carbocycles. The number of hydrogen-bond acceptors (Lipinski definition) is 6. The number of amides is 1. The maximum atomic E-state index is 14.3. The molecule has 5 atom stereocenters. The summed E-state index contributed by atoms with van der Waals surface area (Å²) in [5.74, 6) is 2.52. The highest BCUT2D eigenvalue weighted by atomic mass is 16.5. The van der Waals surface area contributed by atoms with Gasteiger partial charge >= 0.3 is 0 Å². The Balaban J connectivity index is 1.13. The fourth-order valence-corrected chi connectivity index (χ4v) is 9.76. The van der Waals surface area contributed by atoms with Crippen molar-refractivity contribution in [2.45, 2.75) is 101 Å². The van der Waals surface area contributed by atoms with Crippen molar-refractivity contribution in [1.29, 1.82) is 0 Å². The molecule has 0 radical (unpaired) electrons. The third-order valence-corrected chi connectivity index (χ3v) is 11.8. The lowest BCUT2D eigenvalue weighted by Gasteiger charge is -2.60. The minimum absolute atomic E-state index is 0.0468. The first kappa shape index (κ1) is 33.5. The largest absolute Gasteiger partial charge is 0.493 e. The van der Waals surface area contributed by atoms with Crippen LogP contribution in [-0.2, 0) is 27.8 Å². The van der Waals surface area contributed by atoms with Crippen LogP contribution >= 0.6 is 0 Å². The summed E-state index contributed by atoms with van der Waals surface area (Å²) in [4.78, 5) is 44.0. The zero-order chi connectivity index (χ0) is 34.0. The topological polar surface area (TPSA) is 76.2 Å². The lowest BCUT2D eigenvalue weighted by molar-refractivity contribution is -0.143. The second-order valence-corrected chi connectivity index (χ2v) is 14.7. The van der Waals surface area contributed by atoms with Crippen molar-refractivity contribution >= 4 is 17.5 Å². The molecule has 0 N–H and O–H groups in total. The van der Waals surface area contributed by atoms with E-state index >= 15 is 0 Å². The van der Waals surface area contributed by atoms with Crippen molar-refractivity contribution in [1.82, 2.24) is 9.80 Å². The zero-order valence-corrected chi connectivity index (χ0v) is 29.1. The molecule has 1 spiro atoms. The summed E-state index contributed by atoms with van der Waals surface area (Å²) >= 11 is 0. The average Bonchev–Trinajstić information content (AvgIpc) is 3.47. The Hall–Kier alpha value is -3.97. The van der Waals surface area contributed by atoms with E-state index in [2.05, 4.69) is 40.1 Å². The summed E-state index contributed by atoms with van der Waals surface area (Å²) in [6, 6.07) is 24.5. The minimum Gasteiger partial charge on any atom is -0.493 e. The number of ketones is 2. The van der Waals surface area contributed by atoms with Crippen LogP contribution in [0.15, 0.2) is 72.8 Å². The van der Waals surface area contributed by atoms with Gasteiger partial charge in [0.25, 0.3) is 0 Å². The Kier molecular flexibility index (Phi) is 9.91. The molecule has 7 nitrogen and oxygen atoms in total. The number of nitrogens with zero attached hydrogens (tertiary/aromatic N) is 2. The highest BCUT2D eigenvalue weighted by Crippen LogP contribution is 2.64. The van der Waals surface area contributed by atoms with Crippen molar-refractivity contribution in [2.75, 3.05) is 26.7 Å². The molecule has 4 aliphatic rings. The molecule has 2 aliphatic heterocycles. The fraction of sp³-hybridized carbons (Fsp3) is 0.500. The Morgan fingerprint density at radius 1 is 0.918 bits per heavy atom. The van der Waals surface area contributed by atoms with Crippen LogP contribution in [0.4, 0.5) is 0 Å². The van der Waals surface area contributed by atoms with E-state index in [1.54, 1.807) is 14.0 Å². The van der Waals surface area contributed by atoms with E-state index in [-0.39, 0.29) is 41.1 Å². The SMILES string of the molecule is COc1ccc2c3c1O[C@H]1[C@H](N(CCCCc4ccccc4)C(=O)CCCCC(=O)c4ccccc4)CC[C@H]4[C@@H](C2)N(CC(C)=O)CC[C@@]341. The first-order valence-corrected chi connectivity index (χ1v) is 18.4. The number of rotatable bonds is 15. The van der Waals surface area contributed by atoms with Gasteiger partial charge in [-0.3, -0.25) is 19.3 Å². The molecular formula is C42H50N2O5. The van der Waals surface area contributed by atoms with E-state index in [9.17, 15) is 14.4 Å². The molecule has 2 fully saturated rings. The van der Waals surface area contributed by atoms with E-state index in [4.69, 9.17) is 9.47 Å². The van der Waals surface area contributed by atoms with Gasteiger partial charge in [-0.1, -0.05) is 66.7 Å². The van der Waals surface area contributed by atoms with Gasteiger partial charge in [0.05, 0.1) is 19.7 Å². The van der Waals surface area contributed by atoms with Crippen molar-refractivity contribution < 1.29 is 23.9 Å². The van der Waals surface area contributed by atoms with Gasteiger partial charge in [-0.05, 0) is 94.4 Å². The predicted octanol–water partition coefficient (Wildman–Crippen LogP) is 6.99. The monoisotopic (exact) mass is 662 g/mol. The Morgan fingerprint density at radius 2 is 1.67 bits per heavy atom. The number of ether oxygens (including phenoxy) is 2. The summed E-state index contributed by atoms with van der Waals surface area (Å²) < 4.78 is 13.0. The summed E-state index contributed by atoms with van der Waals surface area (Å²) in [6.45, 7) is 3.73. The van der Waals surface area contributed by atoms with Crippen LogP contribution in [0.1, 0.15) is 91.8 Å². The second kappa shape index (κ2) is 14.5. The molecule has 7 heteroatoms. The zero-order valence-electron chi connectivity index (χ0n) is 29.1. The van der Waals surface area contributed by atoms with Crippen LogP contribution in [0.2, 0.25) is 0 Å². The molecule has 2 bridgehead atoms. The van der Waals surface area contributed by atoms with Gasteiger partial charge in [-0.25, -0.2) is 0 Å². The molecule has 258 valence electrons. The van der Waals surface area contributed by atoms with Crippen LogP contribution in [-0.4, -0.2) is 72.2 Å². The molecule has 3 aromatic rings. The first-order chi connectivity index (χ1) is 23.9. The van der Waals surface area contributed by atoms with Crippen molar-refractivity contribution in [3.63, 3.8) is 0 Å². The van der Waals surface area contributed by atoms with Gasteiger partial charge in [0, 0.05) is 42.0 Å². The third kappa shape index (κ3) is 6.42. The number of aryl methyl sites for hydroxylation is 1. The number of benzene rings is 3. The smallest absolute Gasteiger partial charge is 0.222 e. The lowest BCUT2D eigenvalue weighted by atomic mass is 9.51. The highest BCUT2D eigenvalue weighted by Gasteiger charge is 2.66. The number of carbonyl (C=O) groups excluding carboxylic acids is 3. The number of likely N-dealkylation sites (tertiary alicyclic amines) is 1. The quantitative estimate of drug-likeness (QED) is 0.129. The molecule has 1 amide bonds. The third-order valence-electron chi connectivity index (χ3n) is 11.8. The standard InChI is InChI=1S/C42H50N2O5/c1-29(45)28-43-26-24-42-33-21-22-34(41(42)49-40-37(48-2)23-20-32(39(40)42)27-35(33)43)44(25-12-11-15-30-13-5-3-6-14-30)38(47)19-10-9-18-36(46)31-16-7-4-8-17-31/h3-8,13-14,16-17,20,23,33-35,41H,9-12,15,18-19,21-22,24-28H2,1-2H3/t33-,34+,35+,41-,42-/m0/s1. The molecule has 0 aromatic heterocycles. The van der Waals surface area contributed by atoms with Crippen molar-refractivity contribution in [3.05, 3.63) is 95.1 Å². The summed E-state index contributed by atoms with van der Waals surface area (Å²) in [5, 5.41) is 0. The normalized spacial score (nSPS) is 24.9. The summed E-state index contributed by atoms with van der Waals surface area (Å²) in [7, 11) is 1.71. The van der Waals surface area contributed by atoms with Gasteiger partial charge in [-0.2, -0.15) is 0 Å². The lowest BCUT2D eigenvalue weighted by Crippen LogP contribution is -2.69. The van der Waals surface area contributed by atoms with E-state index in [0.717, 1.165) is 68.6 Å². The van der Waals surface area contributed by atoms with E-state index < -0.39 is 0 Å². The van der Waals surface area contributed by atoms with Crippen molar-refractivity contribution in [3.8, 4) is 11.5 Å². The van der Waals surface area contributed by atoms with E-state index in [1.807, 2.05) is 42.5 Å². The molecule has 0 unspecified atom stereocenters. The first-order valence-electron chi connectivity index (χ1n) is 18.4. The predicted molar refractivity (Wildman–Crippen MR) is 190 cm³/mol. The second-order valence-electron chi connectivity index (χ2n) is 14.7. The number of hydrogen-bond donors (Lipinski definition) is 0. The minimum atomic E-state index is -0.205. The van der Waals surface area contributed by atoms with Crippen LogP contribution in [0, 0.1) is 5.92 Å². The Morgan fingerprint density at radius 3 is 2.43 bits per heavy atom. The number of Topliss-reactive ketones (excluding diaryl/α,β-unsaturated/α-hetero) is 2. The summed E-state index contributed by atoms with van der Waals surface area (Å²) in [5.41, 5.74) is 4.46. The van der Waals surface area contributed by atoms with Crippen molar-refractivity contribution in [2.24, 2.45) is 5.92 Å². The molecule has 7 rings (SSSR count). The number of carbonyl (C=O) groups is 3. The Bertz CT molecular complexity index is 1660. The highest BCUT2D eigenvalue weighted by molar-refractivity contribution is 5.96. The van der Waals surface area contributed by atoms with Gasteiger partial charge in [0.1, 0.15) is 11.9 Å². The molecule has 2 heterocycles. The van der Waals surface area contributed by atoms with Gasteiger partial charge < -0.3 is 14.4 Å². The number of piperidine rings is 1.